The molecule has 0 aromatic carbocycles. The summed E-state index contributed by atoms with van der Waals surface area (Å²) in [5.41, 5.74) is 1.06. The zero-order valence-corrected chi connectivity index (χ0v) is 10.2. The van der Waals surface area contributed by atoms with E-state index in [1.165, 1.54) is 4.90 Å². The molecule has 0 saturated heterocycles. The molecule has 90 valence electrons. The third-order valence-electron chi connectivity index (χ3n) is 3.18. The molecular weight excluding hydrogens is 218 g/mol. The minimum atomic E-state index is -0.308. The van der Waals surface area contributed by atoms with Crippen LogP contribution in [0.4, 0.5) is 0 Å². The number of hydrogen-bond acceptors (Lipinski definition) is 3. The zero-order chi connectivity index (χ0) is 12.6. The zero-order valence-electron chi connectivity index (χ0n) is 10.2. The lowest BCUT2D eigenvalue weighted by Gasteiger charge is -2.23. The highest BCUT2D eigenvalue weighted by Gasteiger charge is 2.39. The van der Waals surface area contributed by atoms with Gasteiger partial charge in [-0.15, -0.1) is 0 Å². The van der Waals surface area contributed by atoms with E-state index in [-0.39, 0.29) is 17.9 Å². The van der Waals surface area contributed by atoms with Crippen LogP contribution in [-0.4, -0.2) is 26.7 Å². The van der Waals surface area contributed by atoms with Gasteiger partial charge in [-0.3, -0.25) is 14.5 Å². The van der Waals surface area contributed by atoms with Crippen molar-refractivity contribution in [2.24, 2.45) is 0 Å². The summed E-state index contributed by atoms with van der Waals surface area (Å²) in [7, 11) is 0. The molecule has 0 fully saturated rings. The Morgan fingerprint density at radius 3 is 2.29 bits per heavy atom. The van der Waals surface area contributed by atoms with Gasteiger partial charge in [0, 0.05) is 23.5 Å². The van der Waals surface area contributed by atoms with Crippen LogP contribution in [-0.2, 0) is 9.59 Å². The molecule has 1 aromatic heterocycles. The Labute approximate surface area is 99.5 Å². The standard InChI is InChI=1S/C12H15N3O2/c1-4-9(10-13-5-6-14-10)15-11(16)7(2)8(3)12(15)17/h5-6,9H,4H2,1-3H3,(H,13,14). The molecule has 5 nitrogen and oxygen atoms in total. The summed E-state index contributed by atoms with van der Waals surface area (Å²) in [4.78, 5) is 32.4. The minimum absolute atomic E-state index is 0.212. The fourth-order valence-electron chi connectivity index (χ4n) is 2.02. The first kappa shape index (κ1) is 11.6. The summed E-state index contributed by atoms with van der Waals surface area (Å²) in [6.07, 6.45) is 3.96. The van der Waals surface area contributed by atoms with Gasteiger partial charge in [0.15, 0.2) is 0 Å². The molecule has 0 aliphatic carbocycles. The van der Waals surface area contributed by atoms with Crippen molar-refractivity contribution in [1.82, 2.24) is 14.9 Å². The predicted octanol–water partition coefficient (Wildman–Crippen LogP) is 1.57. The number of aromatic amines is 1. The van der Waals surface area contributed by atoms with Crippen molar-refractivity contribution in [1.29, 1.82) is 0 Å². The van der Waals surface area contributed by atoms with Crippen molar-refractivity contribution in [3.05, 3.63) is 29.4 Å². The van der Waals surface area contributed by atoms with Crippen molar-refractivity contribution in [2.75, 3.05) is 0 Å². The van der Waals surface area contributed by atoms with Gasteiger partial charge in [0.1, 0.15) is 5.82 Å². The molecule has 17 heavy (non-hydrogen) atoms. The summed E-state index contributed by atoms with van der Waals surface area (Å²) in [6, 6.07) is -0.308. The lowest BCUT2D eigenvalue weighted by atomic mass is 10.2. The Kier molecular flexibility index (Phi) is 2.83. The van der Waals surface area contributed by atoms with E-state index in [0.717, 1.165) is 0 Å². The van der Waals surface area contributed by atoms with Crippen molar-refractivity contribution >= 4 is 11.8 Å². The molecule has 5 heteroatoms. The maximum atomic E-state index is 12.0. The van der Waals surface area contributed by atoms with Gasteiger partial charge in [0.25, 0.3) is 11.8 Å². The lowest BCUT2D eigenvalue weighted by molar-refractivity contribution is -0.140. The van der Waals surface area contributed by atoms with Crippen LogP contribution in [0.1, 0.15) is 39.1 Å². The number of imide groups is 1. The number of hydrogen-bond donors (Lipinski definition) is 1. The molecule has 1 unspecified atom stereocenters. The van der Waals surface area contributed by atoms with Crippen molar-refractivity contribution < 1.29 is 9.59 Å². The van der Waals surface area contributed by atoms with Gasteiger partial charge in [-0.25, -0.2) is 4.98 Å². The van der Waals surface area contributed by atoms with Crippen molar-refractivity contribution in [3.8, 4) is 0 Å². The molecule has 2 rings (SSSR count). The van der Waals surface area contributed by atoms with Gasteiger partial charge in [-0.2, -0.15) is 0 Å². The van der Waals surface area contributed by atoms with Crippen LogP contribution in [0.25, 0.3) is 0 Å². The first-order valence-electron chi connectivity index (χ1n) is 5.62. The molecule has 0 spiro atoms. The highest BCUT2D eigenvalue weighted by atomic mass is 16.2. The minimum Gasteiger partial charge on any atom is -0.347 e. The molecule has 1 atom stereocenters. The maximum Gasteiger partial charge on any atom is 0.257 e. The fourth-order valence-corrected chi connectivity index (χ4v) is 2.02. The molecule has 1 aromatic rings. The lowest BCUT2D eigenvalue weighted by Crippen LogP contribution is -2.35. The third-order valence-corrected chi connectivity index (χ3v) is 3.18. The molecule has 1 aliphatic rings. The van der Waals surface area contributed by atoms with E-state index in [1.807, 2.05) is 6.92 Å². The average Bonchev–Trinajstić information content (AvgIpc) is 2.90. The third kappa shape index (κ3) is 1.67. The summed E-state index contributed by atoms with van der Waals surface area (Å²) >= 11 is 0. The molecule has 1 aliphatic heterocycles. The number of nitrogens with one attached hydrogen (secondary N) is 1. The first-order chi connectivity index (χ1) is 8.07. The topological polar surface area (TPSA) is 66.1 Å². The fraction of sp³-hybridized carbons (Fsp3) is 0.417. The van der Waals surface area contributed by atoms with Crippen LogP contribution in [0.2, 0.25) is 0 Å². The average molecular weight is 233 g/mol. The van der Waals surface area contributed by atoms with E-state index in [2.05, 4.69) is 9.97 Å². The maximum absolute atomic E-state index is 12.0. The molecule has 0 saturated carbocycles. The van der Waals surface area contributed by atoms with E-state index in [9.17, 15) is 9.59 Å². The Bertz CT molecular complexity index is 464. The highest BCUT2D eigenvalue weighted by molar-refractivity contribution is 6.18. The smallest absolute Gasteiger partial charge is 0.257 e. The quantitative estimate of drug-likeness (QED) is 0.806. The largest absolute Gasteiger partial charge is 0.347 e. The van der Waals surface area contributed by atoms with E-state index in [4.69, 9.17) is 0 Å². The second kappa shape index (κ2) is 4.16. The number of carbonyl (C=O) groups excluding carboxylic acids is 2. The number of nitrogens with zero attached hydrogens (tertiary/aromatic N) is 2. The van der Waals surface area contributed by atoms with Gasteiger partial charge in [0.2, 0.25) is 0 Å². The molecule has 1 N–H and O–H groups in total. The van der Waals surface area contributed by atoms with Gasteiger partial charge in [-0.05, 0) is 20.3 Å². The van der Waals surface area contributed by atoms with Gasteiger partial charge in [0.05, 0.1) is 6.04 Å². The SMILES string of the molecule is CCC(c1ncc[nH]1)N1C(=O)C(C)=C(C)C1=O. The number of rotatable bonds is 3. The van der Waals surface area contributed by atoms with Crippen molar-refractivity contribution in [3.63, 3.8) is 0 Å². The van der Waals surface area contributed by atoms with Crippen LogP contribution >= 0.6 is 0 Å². The summed E-state index contributed by atoms with van der Waals surface area (Å²) in [6.45, 7) is 5.30. The normalized spacial score (nSPS) is 18.2. The highest BCUT2D eigenvalue weighted by Crippen LogP contribution is 2.30. The van der Waals surface area contributed by atoms with Crippen LogP contribution in [0, 0.1) is 0 Å². The Morgan fingerprint density at radius 2 is 1.88 bits per heavy atom. The number of H-pyrrole nitrogens is 1. The second-order valence-corrected chi connectivity index (χ2v) is 4.13. The monoisotopic (exact) mass is 233 g/mol. The van der Waals surface area contributed by atoms with Crippen LogP contribution < -0.4 is 0 Å². The van der Waals surface area contributed by atoms with Gasteiger partial charge < -0.3 is 4.98 Å². The molecule has 0 bridgehead atoms. The predicted molar refractivity (Wildman–Crippen MR) is 61.8 cm³/mol. The molecular formula is C12H15N3O2. The molecule has 2 amide bonds. The van der Waals surface area contributed by atoms with Gasteiger partial charge >= 0.3 is 0 Å². The van der Waals surface area contributed by atoms with Crippen LogP contribution in [0.3, 0.4) is 0 Å². The number of carbonyl (C=O) groups is 2. The molecule has 0 radical (unpaired) electrons. The van der Waals surface area contributed by atoms with E-state index < -0.39 is 0 Å². The van der Waals surface area contributed by atoms with E-state index in [1.54, 1.807) is 26.2 Å². The summed E-state index contributed by atoms with van der Waals surface area (Å²) in [5, 5.41) is 0. The van der Waals surface area contributed by atoms with E-state index in [0.29, 0.717) is 23.4 Å². The summed E-state index contributed by atoms with van der Waals surface area (Å²) in [5.74, 6) is 0.225. The number of amides is 2. The Morgan fingerprint density at radius 1 is 1.29 bits per heavy atom. The Hall–Kier alpha value is -1.91. The van der Waals surface area contributed by atoms with Gasteiger partial charge in [-0.1, -0.05) is 6.92 Å². The van der Waals surface area contributed by atoms with Crippen molar-refractivity contribution in [2.45, 2.75) is 33.2 Å². The van der Waals surface area contributed by atoms with Crippen LogP contribution in [0.15, 0.2) is 23.5 Å². The number of aromatic nitrogens is 2. The van der Waals surface area contributed by atoms with E-state index >= 15 is 0 Å². The molecule has 2 heterocycles. The number of imidazole rings is 1. The Balaban J connectivity index is 2.36. The second-order valence-electron chi connectivity index (χ2n) is 4.13. The summed E-state index contributed by atoms with van der Waals surface area (Å²) < 4.78 is 0. The first-order valence-corrected chi connectivity index (χ1v) is 5.62. The van der Waals surface area contributed by atoms with Crippen LogP contribution in [0.5, 0.6) is 0 Å².